The van der Waals surface area contributed by atoms with Gasteiger partial charge in [0.2, 0.25) is 0 Å². The minimum atomic E-state index is -3.06. The molecule has 1 aromatic rings. The van der Waals surface area contributed by atoms with Crippen molar-refractivity contribution in [2.75, 3.05) is 11.5 Å². The molecule has 2 rings (SSSR count). The molecule has 0 aliphatic carbocycles. The molecule has 4 nitrogen and oxygen atoms in total. The molecule has 0 spiro atoms. The van der Waals surface area contributed by atoms with E-state index >= 15 is 0 Å². The molecule has 1 unspecified atom stereocenters. The average molecular weight is 271 g/mol. The van der Waals surface area contributed by atoms with E-state index in [1.807, 2.05) is 0 Å². The maximum Gasteiger partial charge on any atom is 0.251 e. The summed E-state index contributed by atoms with van der Waals surface area (Å²) in [6.07, 6.45) is 0.405. The average Bonchev–Trinajstić information content (AvgIpc) is 2.53. The molecule has 98 valence electrons. The van der Waals surface area contributed by atoms with Gasteiger partial charge in [-0.05, 0) is 37.6 Å². The molecule has 6 heteroatoms. The molecule has 1 aromatic carbocycles. The summed E-state index contributed by atoms with van der Waals surface area (Å²) in [6, 6.07) is 5.14. The first kappa shape index (κ1) is 13.0. The lowest BCUT2D eigenvalue weighted by atomic mass is 10.0. The van der Waals surface area contributed by atoms with Crippen LogP contribution < -0.4 is 5.32 Å². The molecule has 1 aliphatic rings. The monoisotopic (exact) mass is 271 g/mol. The molecule has 0 radical (unpaired) electrons. The quantitative estimate of drug-likeness (QED) is 0.877. The van der Waals surface area contributed by atoms with Crippen molar-refractivity contribution in [3.63, 3.8) is 0 Å². The van der Waals surface area contributed by atoms with Gasteiger partial charge in [0.25, 0.3) is 5.91 Å². The Morgan fingerprint density at radius 1 is 1.33 bits per heavy atom. The predicted molar refractivity (Wildman–Crippen MR) is 65.5 cm³/mol. The van der Waals surface area contributed by atoms with Gasteiger partial charge < -0.3 is 5.32 Å². The van der Waals surface area contributed by atoms with Crippen LogP contribution in [-0.4, -0.2) is 31.4 Å². The second kappa shape index (κ2) is 4.35. The number of nitrogens with one attached hydrogen (secondary N) is 1. The standard InChI is InChI=1S/C12H14FNO3S/c1-12(6-7-18(16,17)8-12)14-11(15)9-2-4-10(13)5-3-9/h2-5H,6-8H2,1H3,(H,14,15). The number of benzene rings is 1. The third kappa shape index (κ3) is 2.87. The Bertz CT molecular complexity index is 567. The summed E-state index contributed by atoms with van der Waals surface area (Å²) < 4.78 is 35.5. The maximum absolute atomic E-state index is 12.7. The van der Waals surface area contributed by atoms with E-state index in [9.17, 15) is 17.6 Å². The SMILES string of the molecule is CC1(NC(=O)c2ccc(F)cc2)CCS(=O)(=O)C1. The number of hydrogen-bond donors (Lipinski definition) is 1. The first-order chi connectivity index (χ1) is 8.30. The van der Waals surface area contributed by atoms with Crippen molar-refractivity contribution in [2.45, 2.75) is 18.9 Å². The number of sulfone groups is 1. The largest absolute Gasteiger partial charge is 0.346 e. The first-order valence-corrected chi connectivity index (χ1v) is 7.40. The molecule has 0 saturated carbocycles. The Hall–Kier alpha value is -1.43. The highest BCUT2D eigenvalue weighted by Crippen LogP contribution is 2.23. The Kier molecular flexibility index (Phi) is 3.14. The summed E-state index contributed by atoms with van der Waals surface area (Å²) >= 11 is 0. The summed E-state index contributed by atoms with van der Waals surface area (Å²) in [5.74, 6) is -0.754. The van der Waals surface area contributed by atoms with E-state index in [2.05, 4.69) is 5.32 Å². The van der Waals surface area contributed by atoms with E-state index in [0.29, 0.717) is 12.0 Å². The Morgan fingerprint density at radius 3 is 2.44 bits per heavy atom. The van der Waals surface area contributed by atoms with Gasteiger partial charge in [-0.1, -0.05) is 0 Å². The zero-order chi connectivity index (χ0) is 13.4. The van der Waals surface area contributed by atoms with Crippen molar-refractivity contribution in [1.29, 1.82) is 0 Å². The molecule has 0 aromatic heterocycles. The number of amides is 1. The molecule has 1 heterocycles. The van der Waals surface area contributed by atoms with Crippen LogP contribution in [0.2, 0.25) is 0 Å². The Morgan fingerprint density at radius 2 is 1.94 bits per heavy atom. The van der Waals surface area contributed by atoms with Gasteiger partial charge in [0.15, 0.2) is 9.84 Å². The van der Waals surface area contributed by atoms with Gasteiger partial charge in [-0.3, -0.25) is 4.79 Å². The van der Waals surface area contributed by atoms with Crippen LogP contribution >= 0.6 is 0 Å². The van der Waals surface area contributed by atoms with E-state index in [-0.39, 0.29) is 17.4 Å². The summed E-state index contributed by atoms with van der Waals surface area (Å²) in [5, 5.41) is 2.71. The fourth-order valence-electron chi connectivity index (χ4n) is 2.06. The highest BCUT2D eigenvalue weighted by Gasteiger charge is 2.39. The molecule has 1 saturated heterocycles. The van der Waals surface area contributed by atoms with Gasteiger partial charge in [0.05, 0.1) is 17.0 Å². The van der Waals surface area contributed by atoms with Gasteiger partial charge in [-0.15, -0.1) is 0 Å². The number of halogens is 1. The summed E-state index contributed by atoms with van der Waals surface area (Å²) in [5.41, 5.74) is -0.411. The van der Waals surface area contributed by atoms with Gasteiger partial charge in [-0.2, -0.15) is 0 Å². The molecule has 0 bridgehead atoms. The number of carbonyl (C=O) groups is 1. The van der Waals surface area contributed by atoms with Crippen molar-refractivity contribution in [3.8, 4) is 0 Å². The van der Waals surface area contributed by atoms with Crippen LogP contribution in [0.25, 0.3) is 0 Å². The van der Waals surface area contributed by atoms with Crippen LogP contribution in [0.5, 0.6) is 0 Å². The van der Waals surface area contributed by atoms with Crippen molar-refractivity contribution >= 4 is 15.7 Å². The normalized spacial score (nSPS) is 25.9. The molecule has 1 fully saturated rings. The van der Waals surface area contributed by atoms with Crippen molar-refractivity contribution in [2.24, 2.45) is 0 Å². The first-order valence-electron chi connectivity index (χ1n) is 5.58. The van der Waals surface area contributed by atoms with Gasteiger partial charge in [-0.25, -0.2) is 12.8 Å². The Balaban J connectivity index is 2.10. The molecule has 1 atom stereocenters. The lowest BCUT2D eigenvalue weighted by molar-refractivity contribution is 0.0915. The zero-order valence-electron chi connectivity index (χ0n) is 9.94. The maximum atomic E-state index is 12.7. The minimum Gasteiger partial charge on any atom is -0.346 e. The van der Waals surface area contributed by atoms with E-state index < -0.39 is 21.2 Å². The fourth-order valence-corrected chi connectivity index (χ4v) is 4.15. The molecule has 1 amide bonds. The summed E-state index contributed by atoms with van der Waals surface area (Å²) in [6.45, 7) is 1.71. The molecule has 1 N–H and O–H groups in total. The van der Waals surface area contributed by atoms with Crippen LogP contribution in [0.1, 0.15) is 23.7 Å². The predicted octanol–water partition coefficient (Wildman–Crippen LogP) is 1.13. The van der Waals surface area contributed by atoms with Crippen molar-refractivity contribution in [3.05, 3.63) is 35.6 Å². The minimum absolute atomic E-state index is 0.0487. The van der Waals surface area contributed by atoms with E-state index in [1.165, 1.54) is 24.3 Å². The third-order valence-electron chi connectivity index (χ3n) is 3.03. The summed E-state index contributed by atoms with van der Waals surface area (Å²) in [7, 11) is -3.06. The van der Waals surface area contributed by atoms with Crippen LogP contribution in [0.3, 0.4) is 0 Å². The lowest BCUT2D eigenvalue weighted by Crippen LogP contribution is -2.46. The number of carbonyl (C=O) groups excluding carboxylic acids is 1. The summed E-state index contributed by atoms with van der Waals surface area (Å²) in [4.78, 5) is 11.9. The highest BCUT2D eigenvalue weighted by molar-refractivity contribution is 7.91. The second-order valence-corrected chi connectivity index (χ2v) is 7.05. The van der Waals surface area contributed by atoms with E-state index in [0.717, 1.165) is 0 Å². The number of hydrogen-bond acceptors (Lipinski definition) is 3. The topological polar surface area (TPSA) is 63.2 Å². The smallest absolute Gasteiger partial charge is 0.251 e. The van der Waals surface area contributed by atoms with Gasteiger partial charge >= 0.3 is 0 Å². The number of rotatable bonds is 2. The third-order valence-corrected chi connectivity index (χ3v) is 4.93. The molecule has 18 heavy (non-hydrogen) atoms. The van der Waals surface area contributed by atoms with Crippen LogP contribution in [0, 0.1) is 5.82 Å². The van der Waals surface area contributed by atoms with Crippen molar-refractivity contribution < 1.29 is 17.6 Å². The zero-order valence-corrected chi connectivity index (χ0v) is 10.8. The van der Waals surface area contributed by atoms with Crippen LogP contribution in [0.15, 0.2) is 24.3 Å². The fraction of sp³-hybridized carbons (Fsp3) is 0.417. The lowest BCUT2D eigenvalue weighted by Gasteiger charge is -2.23. The van der Waals surface area contributed by atoms with Gasteiger partial charge in [0.1, 0.15) is 5.82 Å². The highest BCUT2D eigenvalue weighted by atomic mass is 32.2. The van der Waals surface area contributed by atoms with Crippen LogP contribution in [0.4, 0.5) is 4.39 Å². The van der Waals surface area contributed by atoms with E-state index in [4.69, 9.17) is 0 Å². The Labute approximate surface area is 105 Å². The molecule has 1 aliphatic heterocycles. The van der Waals surface area contributed by atoms with E-state index in [1.54, 1.807) is 6.92 Å². The second-order valence-electron chi connectivity index (χ2n) is 4.86. The van der Waals surface area contributed by atoms with Gasteiger partial charge in [0, 0.05) is 5.56 Å². The van der Waals surface area contributed by atoms with Crippen molar-refractivity contribution in [1.82, 2.24) is 5.32 Å². The molecular formula is C12H14FNO3S. The van der Waals surface area contributed by atoms with Crippen LogP contribution in [-0.2, 0) is 9.84 Å². The molecular weight excluding hydrogens is 257 g/mol.